The molecule has 3 fully saturated rings. The summed E-state index contributed by atoms with van der Waals surface area (Å²) in [7, 11) is 0. The van der Waals surface area contributed by atoms with Crippen LogP contribution < -0.4 is 5.43 Å². The zero-order valence-electron chi connectivity index (χ0n) is 12.0. The van der Waals surface area contributed by atoms with Crippen LogP contribution >= 0.6 is 11.8 Å². The van der Waals surface area contributed by atoms with Gasteiger partial charge in [0.2, 0.25) is 0 Å². The number of aromatic hydroxyl groups is 1. The molecule has 1 heterocycles. The number of para-hydroxylation sites is 1. The molecule has 1 aromatic carbocycles. The molecule has 1 spiro atoms. The smallest absolute Gasteiger partial charge is 0.129 e. The van der Waals surface area contributed by atoms with E-state index in [0.29, 0.717) is 5.75 Å². The summed E-state index contributed by atoms with van der Waals surface area (Å²) >= 11 is 1.88. The van der Waals surface area contributed by atoms with Gasteiger partial charge >= 0.3 is 0 Å². The zero-order valence-corrected chi connectivity index (χ0v) is 12.8. The van der Waals surface area contributed by atoms with Crippen LogP contribution in [0.4, 0.5) is 0 Å². The number of nitrogens with one attached hydrogen (secondary N) is 1. The van der Waals surface area contributed by atoms with Crippen molar-refractivity contribution < 1.29 is 5.11 Å². The van der Waals surface area contributed by atoms with Gasteiger partial charge in [-0.1, -0.05) is 30.3 Å². The molecule has 4 aliphatic rings. The minimum atomic E-state index is 0.119. The summed E-state index contributed by atoms with van der Waals surface area (Å²) in [4.78, 5) is 0.119. The Morgan fingerprint density at radius 3 is 3.00 bits per heavy atom. The lowest BCUT2D eigenvalue weighted by atomic mass is 9.79. The Labute approximate surface area is 129 Å². The Kier molecular flexibility index (Phi) is 2.47. The third kappa shape index (κ3) is 1.60. The monoisotopic (exact) mass is 300 g/mol. The van der Waals surface area contributed by atoms with E-state index in [1.807, 2.05) is 30.0 Å². The van der Waals surface area contributed by atoms with Crippen LogP contribution in [0.3, 0.4) is 0 Å². The molecule has 3 saturated carbocycles. The Morgan fingerprint density at radius 2 is 2.10 bits per heavy atom. The van der Waals surface area contributed by atoms with Crippen LogP contribution in [0.1, 0.15) is 37.7 Å². The predicted octanol–water partition coefficient (Wildman–Crippen LogP) is 3.54. The second-order valence-electron chi connectivity index (χ2n) is 7.10. The third-order valence-corrected chi connectivity index (χ3v) is 7.66. The highest BCUT2D eigenvalue weighted by molar-refractivity contribution is 8.15. The molecule has 0 radical (unpaired) electrons. The van der Waals surface area contributed by atoms with Crippen molar-refractivity contribution >= 4 is 16.8 Å². The highest BCUT2D eigenvalue weighted by Gasteiger charge is 2.63. The van der Waals surface area contributed by atoms with Crippen LogP contribution in [-0.2, 0) is 0 Å². The maximum Gasteiger partial charge on any atom is 0.129 e. The van der Waals surface area contributed by atoms with Gasteiger partial charge in [0.15, 0.2) is 0 Å². The highest BCUT2D eigenvalue weighted by atomic mass is 32.2. The Hall–Kier alpha value is -1.16. The van der Waals surface area contributed by atoms with E-state index in [1.54, 1.807) is 6.07 Å². The van der Waals surface area contributed by atoms with Gasteiger partial charge in [0, 0.05) is 0 Å². The van der Waals surface area contributed by atoms with Gasteiger partial charge in [-0.25, -0.2) is 0 Å². The maximum absolute atomic E-state index is 10.1. The molecule has 110 valence electrons. The summed E-state index contributed by atoms with van der Waals surface area (Å²) < 4.78 is 0. The minimum Gasteiger partial charge on any atom is -0.507 e. The minimum absolute atomic E-state index is 0.119. The molecule has 3 nitrogen and oxygen atoms in total. The number of rotatable bonds is 1. The predicted molar refractivity (Wildman–Crippen MR) is 85.1 cm³/mol. The molecule has 0 aromatic heterocycles. The van der Waals surface area contributed by atoms with Gasteiger partial charge in [-0.05, 0) is 61.5 Å². The topological polar surface area (TPSA) is 44.6 Å². The van der Waals surface area contributed by atoms with Gasteiger partial charge in [0.1, 0.15) is 15.7 Å². The van der Waals surface area contributed by atoms with Crippen LogP contribution in [0.5, 0.6) is 5.75 Å². The molecule has 1 aromatic rings. The lowest BCUT2D eigenvalue weighted by molar-refractivity contribution is 0.192. The van der Waals surface area contributed by atoms with Crippen molar-refractivity contribution in [3.8, 4) is 5.75 Å². The lowest BCUT2D eigenvalue weighted by Crippen LogP contribution is -2.45. The fraction of sp³-hybridized carbons (Fsp3) is 0.588. The SMILES string of the molecule is Oc1ccccc1C1=NN[C@]2(C[C@H]3C[C@H]2[C@@H]2CCC[C@H]32)S1. The molecule has 3 aliphatic carbocycles. The summed E-state index contributed by atoms with van der Waals surface area (Å²) in [6.45, 7) is 0. The number of nitrogens with zero attached hydrogens (tertiary/aromatic N) is 1. The number of fused-ring (bicyclic) bond motifs is 6. The van der Waals surface area contributed by atoms with E-state index in [1.165, 1.54) is 32.1 Å². The highest BCUT2D eigenvalue weighted by Crippen LogP contribution is 2.66. The summed E-state index contributed by atoms with van der Waals surface area (Å²) in [6, 6.07) is 7.55. The average molecular weight is 300 g/mol. The molecular formula is C17H20N2OS. The quantitative estimate of drug-likeness (QED) is 0.834. The van der Waals surface area contributed by atoms with Crippen molar-refractivity contribution in [1.82, 2.24) is 5.43 Å². The Bertz CT molecular complexity index is 631. The number of phenols is 1. The molecule has 0 unspecified atom stereocenters. The van der Waals surface area contributed by atoms with Crippen LogP contribution in [-0.4, -0.2) is 15.0 Å². The first-order valence-electron chi connectivity index (χ1n) is 8.09. The van der Waals surface area contributed by atoms with E-state index in [9.17, 15) is 5.11 Å². The van der Waals surface area contributed by atoms with Gasteiger partial charge in [-0.15, -0.1) is 0 Å². The summed E-state index contributed by atoms with van der Waals surface area (Å²) in [6.07, 6.45) is 6.95. The Balaban J connectivity index is 1.44. The molecule has 0 saturated heterocycles. The molecule has 2 N–H and O–H groups in total. The van der Waals surface area contributed by atoms with Gasteiger partial charge in [0.05, 0.1) is 5.56 Å². The molecule has 1 aliphatic heterocycles. The fourth-order valence-corrected chi connectivity index (χ4v) is 7.00. The summed E-state index contributed by atoms with van der Waals surface area (Å²) in [5.41, 5.74) is 4.36. The molecule has 5 atom stereocenters. The van der Waals surface area contributed by atoms with Crippen molar-refractivity contribution in [2.45, 2.75) is 37.0 Å². The van der Waals surface area contributed by atoms with Crippen molar-refractivity contribution in [1.29, 1.82) is 0 Å². The summed E-state index contributed by atoms with van der Waals surface area (Å²) in [5, 5.41) is 15.6. The van der Waals surface area contributed by atoms with E-state index >= 15 is 0 Å². The molecule has 4 heteroatoms. The third-order valence-electron chi connectivity index (χ3n) is 6.23. The van der Waals surface area contributed by atoms with E-state index < -0.39 is 0 Å². The normalized spacial score (nSPS) is 43.1. The van der Waals surface area contributed by atoms with Crippen LogP contribution in [0.25, 0.3) is 0 Å². The van der Waals surface area contributed by atoms with Crippen LogP contribution in [0, 0.1) is 23.7 Å². The second kappa shape index (κ2) is 4.19. The van der Waals surface area contributed by atoms with Gasteiger partial charge in [-0.3, -0.25) is 5.43 Å². The number of benzene rings is 1. The van der Waals surface area contributed by atoms with Crippen molar-refractivity contribution in [2.24, 2.45) is 28.8 Å². The number of hydrazone groups is 1. The maximum atomic E-state index is 10.1. The second-order valence-corrected chi connectivity index (χ2v) is 8.42. The average Bonchev–Trinajstić information content (AvgIpc) is 3.22. The first kappa shape index (κ1) is 12.4. The largest absolute Gasteiger partial charge is 0.507 e. The standard InChI is InChI=1S/C17H20N2OS/c20-15-7-2-1-4-13(15)16-18-19-17(21-16)9-10-8-14(17)12-6-3-5-11(10)12/h1-2,4,7,10-12,14,19-20H,3,5-6,8-9H2/t10-,11-,12-,14+,17-/m1/s1. The molecule has 5 rings (SSSR count). The van der Waals surface area contributed by atoms with E-state index in [2.05, 4.69) is 10.5 Å². The van der Waals surface area contributed by atoms with E-state index in [0.717, 1.165) is 34.3 Å². The van der Waals surface area contributed by atoms with Crippen molar-refractivity contribution in [2.75, 3.05) is 0 Å². The van der Waals surface area contributed by atoms with Crippen LogP contribution in [0.15, 0.2) is 29.4 Å². The fourth-order valence-electron chi connectivity index (χ4n) is 5.47. The summed E-state index contributed by atoms with van der Waals surface area (Å²) in [5.74, 6) is 3.93. The van der Waals surface area contributed by atoms with E-state index in [4.69, 9.17) is 0 Å². The lowest BCUT2D eigenvalue weighted by Gasteiger charge is -2.38. The van der Waals surface area contributed by atoms with Crippen molar-refractivity contribution in [3.05, 3.63) is 29.8 Å². The number of hydrogen-bond acceptors (Lipinski definition) is 4. The van der Waals surface area contributed by atoms with Gasteiger partial charge < -0.3 is 5.11 Å². The molecule has 0 amide bonds. The van der Waals surface area contributed by atoms with Crippen LogP contribution in [0.2, 0.25) is 0 Å². The molecule has 21 heavy (non-hydrogen) atoms. The molecular weight excluding hydrogens is 280 g/mol. The molecule has 2 bridgehead atoms. The van der Waals surface area contributed by atoms with E-state index in [-0.39, 0.29) is 4.87 Å². The number of thioether (sulfide) groups is 1. The number of phenolic OH excluding ortho intramolecular Hbond substituents is 1. The van der Waals surface area contributed by atoms with Crippen molar-refractivity contribution in [3.63, 3.8) is 0 Å². The van der Waals surface area contributed by atoms with Gasteiger partial charge in [-0.2, -0.15) is 5.10 Å². The first-order chi connectivity index (χ1) is 10.3. The Morgan fingerprint density at radius 1 is 1.24 bits per heavy atom. The van der Waals surface area contributed by atoms with Gasteiger partial charge in [0.25, 0.3) is 0 Å². The first-order valence-corrected chi connectivity index (χ1v) is 8.91. The number of hydrogen-bond donors (Lipinski definition) is 2. The zero-order chi connectivity index (χ0) is 14.0.